The molecule has 616 valence electrons. The highest BCUT2D eigenvalue weighted by Gasteiger charge is 2.44. The second-order valence-electron chi connectivity index (χ2n) is 23.0. The largest absolute Gasteiger partial charge is 0.466 e. The number of hydrogen-bond acceptors (Lipinski definition) is 17. The maximum Gasteiger partial charge on any atom is 0.352 e. The van der Waals surface area contributed by atoms with E-state index in [4.69, 9.17) is 98.5 Å². The van der Waals surface area contributed by atoms with E-state index in [2.05, 4.69) is 46.1 Å². The van der Waals surface area contributed by atoms with Crippen molar-refractivity contribution in [2.45, 2.75) is 295 Å². The highest BCUT2D eigenvalue weighted by atomic mass is 35.7. The Morgan fingerprint density at radius 2 is 0.808 bits per heavy atom. The molecule has 4 N–H and O–H groups in total. The predicted octanol–water partition coefficient (Wildman–Crippen LogP) is 23.3. The molecule has 0 fully saturated rings. The van der Waals surface area contributed by atoms with E-state index in [9.17, 15) is 24.0 Å². The monoisotopic (exact) mass is 1670 g/mol. The van der Waals surface area contributed by atoms with Gasteiger partial charge in [-0.25, -0.2) is 0 Å². The molecule has 0 aliphatic rings. The van der Waals surface area contributed by atoms with E-state index in [-0.39, 0.29) is 156 Å². The van der Waals surface area contributed by atoms with Crippen molar-refractivity contribution in [3.63, 3.8) is 0 Å². The lowest BCUT2D eigenvalue weighted by Crippen LogP contribution is -2.54. The molecule has 0 amide bonds. The SMILES string of the molecule is C.C.C.C.C.C.C.C.C.C.C.C.C.C.C.C=C[Si](C)(Cl)CC(C)(C)O[Si](C)(Cl)C=C.C=C[Si](C)(Cl)Cl.C=C[Si](C)(O)O[Si](C)(C)O[Si](C)(C=C)OC.C=C[Si](C)(O)O[Si](C)(C)O[Si](C)(C=C)OC.CC(C)(C)O.CCCCOC(=O)C(CC(C)C(=O)OCCO)CC(CC)C(=O)OCC. The summed E-state index contributed by atoms with van der Waals surface area (Å²) < 4.78 is 55.0. The van der Waals surface area contributed by atoms with Crippen LogP contribution in [0.4, 0.5) is 0 Å². The maximum atomic E-state index is 12.5. The Balaban J connectivity index is -0.0000000397. The van der Waals surface area contributed by atoms with Crippen molar-refractivity contribution in [1.82, 2.24) is 0 Å². The number of ether oxygens (including phenoxy) is 3. The normalized spacial score (nSPS) is 14.4. The Hall–Kier alpha value is -0.738. The average molecular weight is 1670 g/mol. The standard InChI is InChI=1S/C19H34O7.C10H20Cl2OSi2.2C9H22O4Si3.C4H10O.C3H6Cl2Si.15CH4/c1-5-8-10-25-19(23)16(12-14(4)17(21)26-11-9-20)13-15(6-2)18(22)24-7-3;1-7-14(5,11)9-10(3,4)13-15(6,12)8-2;2*1-8-15(6,10)12-14(4,5)13-16(7,9-2)11-3;1-4(2,3)5;1-3-6(2,4)5;;;;;;;;;;;;;;;/h14-16,20H,5-13H2,1-4H3;7-8H,1-2,9H2,3-6H3;2*8-10H,1-2H2,3-7H3;5H,1-3H3;3H,1H2,2H3;15*1H4. The van der Waals surface area contributed by atoms with E-state index in [1.54, 1.807) is 91.3 Å². The maximum absolute atomic E-state index is 12.5. The zero-order chi connectivity index (χ0) is 68.1. The summed E-state index contributed by atoms with van der Waals surface area (Å²) in [6.07, 6.45) is 2.72. The molecule has 17 nitrogen and oxygen atoms in total. The zero-order valence-corrected chi connectivity index (χ0v) is 67.4. The summed E-state index contributed by atoms with van der Waals surface area (Å²) in [4.78, 5) is 56.3. The van der Waals surface area contributed by atoms with Gasteiger partial charge >= 0.3 is 76.9 Å². The Labute approximate surface area is 648 Å². The van der Waals surface area contributed by atoms with Crippen LogP contribution in [0.25, 0.3) is 0 Å². The van der Waals surface area contributed by atoms with Gasteiger partial charge in [0.05, 0.1) is 48.8 Å². The summed E-state index contributed by atoms with van der Waals surface area (Å²) in [6.45, 7) is 60.7. The average Bonchev–Trinajstić information content (AvgIpc) is 3.35. The van der Waals surface area contributed by atoms with Crippen molar-refractivity contribution < 1.29 is 78.1 Å². The van der Waals surface area contributed by atoms with E-state index >= 15 is 0 Å². The van der Waals surface area contributed by atoms with Gasteiger partial charge < -0.3 is 63.8 Å². The van der Waals surface area contributed by atoms with Gasteiger partial charge in [0.15, 0.2) is 7.38 Å². The van der Waals surface area contributed by atoms with Crippen LogP contribution in [-0.4, -0.2) is 163 Å². The molecule has 0 aromatic carbocycles. The molecule has 0 aromatic rings. The smallest absolute Gasteiger partial charge is 0.352 e. The van der Waals surface area contributed by atoms with Gasteiger partial charge in [0.2, 0.25) is 0 Å². The van der Waals surface area contributed by atoms with Crippen LogP contribution in [0.3, 0.4) is 0 Å². The lowest BCUT2D eigenvalue weighted by Gasteiger charge is -2.35. The summed E-state index contributed by atoms with van der Waals surface area (Å²) in [7, 11) is -16.2. The van der Waals surface area contributed by atoms with E-state index < -0.39 is 108 Å². The van der Waals surface area contributed by atoms with Gasteiger partial charge in [-0.1, -0.05) is 185 Å². The second kappa shape index (κ2) is 74.1. The molecule has 0 saturated heterocycles. The first kappa shape index (κ1) is 156. The Bertz CT molecular complexity index is 1870. The molecule has 0 aliphatic heterocycles. The molecule has 9 atom stereocenters. The van der Waals surface area contributed by atoms with Crippen LogP contribution in [0.1, 0.15) is 206 Å². The summed E-state index contributed by atoms with van der Waals surface area (Å²) in [5, 5.41) is 17.3. The van der Waals surface area contributed by atoms with Gasteiger partial charge in [0, 0.05) is 14.2 Å². The topological polar surface area (TPSA) is 224 Å². The molecule has 9 unspecified atom stereocenters. The van der Waals surface area contributed by atoms with Crippen molar-refractivity contribution in [1.29, 1.82) is 0 Å². The first-order valence-corrected chi connectivity index (χ1v) is 55.0. The van der Waals surface area contributed by atoms with Crippen LogP contribution < -0.4 is 0 Å². The lowest BCUT2D eigenvalue weighted by molar-refractivity contribution is -0.155. The summed E-state index contributed by atoms with van der Waals surface area (Å²) in [5.74, 6) is -2.75. The van der Waals surface area contributed by atoms with Crippen LogP contribution in [0.2, 0.25) is 78.1 Å². The van der Waals surface area contributed by atoms with Crippen molar-refractivity contribution in [2.75, 3.05) is 40.6 Å². The highest BCUT2D eigenvalue weighted by molar-refractivity contribution is 7.47. The highest BCUT2D eigenvalue weighted by Crippen LogP contribution is 2.32. The molecule has 0 bridgehead atoms. The number of halogens is 4. The minimum Gasteiger partial charge on any atom is -0.466 e. The van der Waals surface area contributed by atoms with Crippen LogP contribution >= 0.6 is 44.3 Å². The van der Waals surface area contributed by atoms with Crippen LogP contribution in [-0.2, 0) is 58.3 Å². The summed E-state index contributed by atoms with van der Waals surface area (Å²) in [6, 6.07) is 0.800. The molecular weight excluding hydrogens is 1500 g/mol. The third-order valence-corrected chi connectivity index (χ3v) is 36.9. The Morgan fingerprint density at radius 3 is 1.05 bits per heavy atom. The van der Waals surface area contributed by atoms with E-state index in [1.807, 2.05) is 85.8 Å². The fraction of sp³-hybridized carbons (Fsp3) is 0.754. The van der Waals surface area contributed by atoms with Crippen molar-refractivity contribution in [3.8, 4) is 0 Å². The number of carbonyl (C=O) groups is 3. The number of hydrogen-bond donors (Lipinski definition) is 4. The predicted molar refractivity (Wildman–Crippen MR) is 473 cm³/mol. The van der Waals surface area contributed by atoms with E-state index in [1.165, 1.54) is 11.4 Å². The molecule has 30 heteroatoms. The molecular formula is C69H174Cl4O17Si9. The van der Waals surface area contributed by atoms with Crippen molar-refractivity contribution in [2.24, 2.45) is 17.8 Å². The van der Waals surface area contributed by atoms with Gasteiger partial charge in [0.25, 0.3) is 6.69 Å². The van der Waals surface area contributed by atoms with Gasteiger partial charge in [-0.3, -0.25) is 14.4 Å². The first-order chi connectivity index (χ1) is 37.7. The molecule has 0 rings (SSSR count). The van der Waals surface area contributed by atoms with Gasteiger partial charge in [-0.2, -0.15) is 11.1 Å². The van der Waals surface area contributed by atoms with Crippen molar-refractivity contribution in [3.05, 3.63) is 85.9 Å². The summed E-state index contributed by atoms with van der Waals surface area (Å²) in [5.41, 5.74) is 10.7. The van der Waals surface area contributed by atoms with Gasteiger partial charge in [0.1, 0.15) is 6.61 Å². The van der Waals surface area contributed by atoms with Crippen LogP contribution in [0, 0.1) is 17.8 Å². The third kappa shape index (κ3) is 95.3. The van der Waals surface area contributed by atoms with Gasteiger partial charge in [-0.15, -0.1) is 79.3 Å². The number of esters is 3. The minimum atomic E-state index is -2.80. The Kier molecular flexibility index (Phi) is 117. The number of carbonyl (C=O) groups excluding carboxylic acids is 3. The number of unbranched alkanes of at least 4 members (excludes halogenated alkanes) is 1. The number of aliphatic hydroxyl groups excluding tert-OH is 1. The molecule has 0 aromatic heterocycles. The lowest BCUT2D eigenvalue weighted by atomic mass is 9.86. The van der Waals surface area contributed by atoms with E-state index in [0.717, 1.165) is 18.9 Å². The molecule has 0 radical (unpaired) electrons. The van der Waals surface area contributed by atoms with Crippen molar-refractivity contribution >= 4 is 135 Å². The Morgan fingerprint density at radius 1 is 0.485 bits per heavy atom. The molecule has 0 heterocycles. The van der Waals surface area contributed by atoms with Crippen LogP contribution in [0.15, 0.2) is 85.9 Å². The third-order valence-electron chi connectivity index (χ3n) is 10.6. The van der Waals surface area contributed by atoms with Crippen LogP contribution in [0.5, 0.6) is 0 Å². The quantitative estimate of drug-likeness (QED) is 0.0152. The fourth-order valence-corrected chi connectivity index (χ4v) is 30.6. The zero-order valence-electron chi connectivity index (χ0n) is 55.4. The molecule has 99 heavy (non-hydrogen) atoms. The first-order valence-electron chi connectivity index (χ1n) is 27.8. The summed E-state index contributed by atoms with van der Waals surface area (Å²) >= 11 is 23.6. The fourth-order valence-electron chi connectivity index (χ4n) is 6.52. The molecule has 0 saturated carbocycles. The van der Waals surface area contributed by atoms with Gasteiger partial charge in [-0.05, 0) is 139 Å². The van der Waals surface area contributed by atoms with E-state index in [0.29, 0.717) is 13.0 Å². The minimum absolute atomic E-state index is 0. The second-order valence-corrected chi connectivity index (χ2v) is 60.9. The molecule has 0 aliphatic carbocycles. The number of rotatable bonds is 35. The number of aliphatic hydroxyl groups is 2. The molecule has 0 spiro atoms.